The van der Waals surface area contributed by atoms with Gasteiger partial charge in [0.15, 0.2) is 0 Å². The van der Waals surface area contributed by atoms with Crippen molar-refractivity contribution in [2.45, 2.75) is 38.8 Å². The van der Waals surface area contributed by atoms with E-state index in [4.69, 9.17) is 9.72 Å². The fourth-order valence-electron chi connectivity index (χ4n) is 6.51. The van der Waals surface area contributed by atoms with Gasteiger partial charge in [0.05, 0.1) is 43.1 Å². The van der Waals surface area contributed by atoms with Crippen molar-refractivity contribution < 1.29 is 9.53 Å². The molecule has 4 heterocycles. The van der Waals surface area contributed by atoms with E-state index in [1.807, 2.05) is 0 Å². The molecule has 2 aromatic carbocycles. The second-order valence-corrected chi connectivity index (χ2v) is 11.3. The van der Waals surface area contributed by atoms with E-state index in [1.54, 1.807) is 23.4 Å². The van der Waals surface area contributed by atoms with Crippen LogP contribution in [0.4, 0.5) is 11.4 Å². The molecule has 1 unspecified atom stereocenters. The molecule has 1 saturated heterocycles. The zero-order valence-corrected chi connectivity index (χ0v) is 25.3. The maximum absolute atomic E-state index is 12.6. The number of carbonyl (C=O) groups excluding carboxylic acids is 1. The lowest BCUT2D eigenvalue weighted by molar-refractivity contribution is -0.128. The lowest BCUT2D eigenvalue weighted by Gasteiger charge is -2.43. The molecule has 0 radical (unpaired) electrons. The SMILES string of the molecule is C=CC(=O)N1CCN(c2c(C#N)c(OCCc3ncccn3)nc3c2CCN(c2cccc4cccc(C)c24)C3)CC1CC#N. The van der Waals surface area contributed by atoms with Crippen molar-refractivity contribution >= 4 is 28.1 Å². The number of nitrogens with zero attached hydrogens (tertiary/aromatic N) is 8. The van der Waals surface area contributed by atoms with E-state index >= 15 is 0 Å². The summed E-state index contributed by atoms with van der Waals surface area (Å²) in [7, 11) is 0. The largest absolute Gasteiger partial charge is 0.476 e. The number of piperazine rings is 1. The number of carbonyl (C=O) groups is 1. The van der Waals surface area contributed by atoms with Crippen LogP contribution in [-0.4, -0.2) is 64.6 Å². The molecule has 6 rings (SSSR count). The Bertz CT molecular complexity index is 1820. The summed E-state index contributed by atoms with van der Waals surface area (Å²) in [6, 6.07) is 18.8. The number of benzene rings is 2. The molecule has 2 aliphatic rings. The average Bonchev–Trinajstić information content (AvgIpc) is 3.07. The monoisotopic (exact) mass is 598 g/mol. The number of anilines is 2. The van der Waals surface area contributed by atoms with Crippen molar-refractivity contribution in [2.75, 3.05) is 42.6 Å². The van der Waals surface area contributed by atoms with E-state index in [-0.39, 0.29) is 30.9 Å². The molecule has 4 aromatic rings. The lowest BCUT2D eigenvalue weighted by atomic mass is 9.95. The van der Waals surface area contributed by atoms with Gasteiger partial charge in [0.1, 0.15) is 17.5 Å². The van der Waals surface area contributed by atoms with Crippen LogP contribution >= 0.6 is 0 Å². The summed E-state index contributed by atoms with van der Waals surface area (Å²) in [4.78, 5) is 32.3. The van der Waals surface area contributed by atoms with Crippen LogP contribution in [-0.2, 0) is 24.2 Å². The predicted octanol–water partition coefficient (Wildman–Crippen LogP) is 4.51. The molecule has 0 spiro atoms. The minimum atomic E-state index is -0.331. The molecule has 10 heteroatoms. The molecular weight excluding hydrogens is 564 g/mol. The Hall–Kier alpha value is -5.48. The summed E-state index contributed by atoms with van der Waals surface area (Å²) in [5.41, 5.74) is 5.39. The molecule has 226 valence electrons. The van der Waals surface area contributed by atoms with Gasteiger partial charge >= 0.3 is 0 Å². The second kappa shape index (κ2) is 13.0. The number of rotatable bonds is 8. The molecule has 1 atom stereocenters. The van der Waals surface area contributed by atoms with Gasteiger partial charge in [-0.25, -0.2) is 15.0 Å². The summed E-state index contributed by atoms with van der Waals surface area (Å²) in [6.45, 7) is 8.69. The molecule has 0 N–H and O–H groups in total. The third-order valence-electron chi connectivity index (χ3n) is 8.60. The van der Waals surface area contributed by atoms with Crippen LogP contribution in [0, 0.1) is 29.6 Å². The number of nitriles is 2. The van der Waals surface area contributed by atoms with Gasteiger partial charge in [0.2, 0.25) is 11.8 Å². The van der Waals surface area contributed by atoms with Gasteiger partial charge < -0.3 is 19.4 Å². The number of pyridine rings is 1. The third kappa shape index (κ3) is 5.87. The topological polar surface area (TPSA) is 122 Å². The van der Waals surface area contributed by atoms with Gasteiger partial charge in [0, 0.05) is 61.6 Å². The Kier molecular flexibility index (Phi) is 8.56. The van der Waals surface area contributed by atoms with Crippen molar-refractivity contribution in [3.63, 3.8) is 0 Å². The van der Waals surface area contributed by atoms with Crippen molar-refractivity contribution in [2.24, 2.45) is 0 Å². The van der Waals surface area contributed by atoms with Crippen LogP contribution in [0.5, 0.6) is 5.88 Å². The van der Waals surface area contributed by atoms with E-state index in [2.05, 4.69) is 81.8 Å². The fourth-order valence-corrected chi connectivity index (χ4v) is 6.51. The van der Waals surface area contributed by atoms with E-state index in [0.29, 0.717) is 50.4 Å². The molecule has 10 nitrogen and oxygen atoms in total. The second-order valence-electron chi connectivity index (χ2n) is 11.3. The highest BCUT2D eigenvalue weighted by Gasteiger charge is 2.35. The highest BCUT2D eigenvalue weighted by molar-refractivity contribution is 5.97. The molecule has 45 heavy (non-hydrogen) atoms. The molecule has 0 saturated carbocycles. The Labute approximate surface area is 262 Å². The predicted molar refractivity (Wildman–Crippen MR) is 172 cm³/mol. The Morgan fingerprint density at radius 3 is 2.64 bits per heavy atom. The Morgan fingerprint density at radius 2 is 1.89 bits per heavy atom. The number of hydrogen-bond acceptors (Lipinski definition) is 9. The van der Waals surface area contributed by atoms with Gasteiger partial charge in [-0.2, -0.15) is 10.5 Å². The van der Waals surface area contributed by atoms with Crippen LogP contribution in [0.15, 0.2) is 67.5 Å². The molecule has 0 aliphatic carbocycles. The van der Waals surface area contributed by atoms with Gasteiger partial charge in [-0.05, 0) is 42.5 Å². The first kappa shape index (κ1) is 29.6. The highest BCUT2D eigenvalue weighted by Crippen LogP contribution is 2.40. The summed E-state index contributed by atoms with van der Waals surface area (Å²) < 4.78 is 6.22. The summed E-state index contributed by atoms with van der Waals surface area (Å²) in [6.07, 6.45) is 6.00. The van der Waals surface area contributed by atoms with Crippen LogP contribution in [0.2, 0.25) is 0 Å². The average molecular weight is 599 g/mol. The summed E-state index contributed by atoms with van der Waals surface area (Å²) in [5.74, 6) is 0.731. The van der Waals surface area contributed by atoms with Gasteiger partial charge in [-0.1, -0.05) is 36.9 Å². The number of ether oxygens (including phenoxy) is 1. The van der Waals surface area contributed by atoms with E-state index in [9.17, 15) is 15.3 Å². The first-order valence-corrected chi connectivity index (χ1v) is 15.1. The van der Waals surface area contributed by atoms with Crippen LogP contribution < -0.4 is 14.5 Å². The Balaban J connectivity index is 1.39. The van der Waals surface area contributed by atoms with Crippen LogP contribution in [0.1, 0.15) is 34.6 Å². The zero-order chi connectivity index (χ0) is 31.3. The Morgan fingerprint density at radius 1 is 1.09 bits per heavy atom. The van der Waals surface area contributed by atoms with E-state index in [1.165, 1.54) is 22.4 Å². The first-order chi connectivity index (χ1) is 22.0. The minimum absolute atomic E-state index is 0.180. The number of aromatic nitrogens is 3. The number of amides is 1. The van der Waals surface area contributed by atoms with Crippen molar-refractivity contribution in [1.82, 2.24) is 19.9 Å². The minimum Gasteiger partial charge on any atom is -0.476 e. The summed E-state index contributed by atoms with van der Waals surface area (Å²) in [5, 5.41) is 22.5. The molecule has 2 aromatic heterocycles. The zero-order valence-electron chi connectivity index (χ0n) is 25.3. The molecule has 0 bridgehead atoms. The third-order valence-corrected chi connectivity index (χ3v) is 8.60. The molecule has 1 fully saturated rings. The van der Waals surface area contributed by atoms with E-state index in [0.717, 1.165) is 29.2 Å². The van der Waals surface area contributed by atoms with Gasteiger partial charge in [-0.15, -0.1) is 0 Å². The van der Waals surface area contributed by atoms with Gasteiger partial charge in [-0.3, -0.25) is 4.79 Å². The van der Waals surface area contributed by atoms with Crippen molar-refractivity contribution in [3.8, 4) is 18.0 Å². The fraction of sp³-hybridized carbons (Fsp3) is 0.314. The molecular formula is C35H34N8O2. The smallest absolute Gasteiger partial charge is 0.246 e. The summed E-state index contributed by atoms with van der Waals surface area (Å²) >= 11 is 0. The maximum Gasteiger partial charge on any atom is 0.246 e. The standard InChI is InChI=1S/C35H34N8O2/c1-3-32(44)43-19-18-42(22-26(43)11-14-36)34-27-12-17-41(30-10-5-9-25-8-4-7-24(2)33(25)30)23-29(27)40-35(28(34)21-37)45-20-13-31-38-15-6-16-39-31/h3-10,15-16,26H,1,11-13,17-20,22-23H2,2H3. The number of hydrogen-bond donors (Lipinski definition) is 0. The molecule has 1 amide bonds. The van der Waals surface area contributed by atoms with Crippen LogP contribution in [0.3, 0.4) is 0 Å². The maximum atomic E-state index is 12.6. The first-order valence-electron chi connectivity index (χ1n) is 15.1. The van der Waals surface area contributed by atoms with Crippen molar-refractivity contribution in [1.29, 1.82) is 10.5 Å². The number of aryl methyl sites for hydroxylation is 1. The molecule has 2 aliphatic heterocycles. The number of fused-ring (bicyclic) bond motifs is 2. The highest BCUT2D eigenvalue weighted by atomic mass is 16.5. The lowest BCUT2D eigenvalue weighted by Crippen LogP contribution is -2.55. The van der Waals surface area contributed by atoms with E-state index < -0.39 is 0 Å². The quantitative estimate of drug-likeness (QED) is 0.270. The van der Waals surface area contributed by atoms with Gasteiger partial charge in [0.25, 0.3) is 0 Å². The van der Waals surface area contributed by atoms with Crippen molar-refractivity contribution in [3.05, 3.63) is 95.7 Å². The van der Waals surface area contributed by atoms with Crippen LogP contribution in [0.25, 0.3) is 10.8 Å². The normalized spacial score (nSPS) is 16.1.